The number of nitrogens with one attached hydrogen (secondary N) is 1. The number of thiazole rings is 1. The van der Waals surface area contributed by atoms with E-state index in [1.54, 1.807) is 28.0 Å². The molecule has 0 saturated carbocycles. The third-order valence-electron chi connectivity index (χ3n) is 8.68. The second-order valence-corrected chi connectivity index (χ2v) is 18.4. The van der Waals surface area contributed by atoms with Crippen molar-refractivity contribution in [2.24, 2.45) is 5.41 Å². The van der Waals surface area contributed by atoms with Crippen LogP contribution in [0, 0.1) is 5.41 Å². The van der Waals surface area contributed by atoms with Gasteiger partial charge in [0.2, 0.25) is 5.52 Å². The number of anilines is 1. The normalized spacial score (nSPS) is 17.8. The lowest BCUT2D eigenvalue weighted by atomic mass is 9.75. The molecule has 2 aliphatic rings. The molecule has 0 fully saturated rings. The Morgan fingerprint density at radius 3 is 2.16 bits per heavy atom. The third-order valence-corrected chi connectivity index (χ3v) is 12.5. The second-order valence-electron chi connectivity index (χ2n) is 13.3. The summed E-state index contributed by atoms with van der Waals surface area (Å²) >= 11 is 3.28. The van der Waals surface area contributed by atoms with Gasteiger partial charge in [-0.25, -0.2) is 16.8 Å². The average molecular weight is 748 g/mol. The molecule has 3 aromatic rings. The summed E-state index contributed by atoms with van der Waals surface area (Å²) < 4.78 is 70.6. The number of rotatable bonds is 13. The van der Waals surface area contributed by atoms with Crippen LogP contribution in [0.3, 0.4) is 0 Å². The molecule has 268 valence electrons. The van der Waals surface area contributed by atoms with Gasteiger partial charge < -0.3 is 18.9 Å². The van der Waals surface area contributed by atoms with E-state index in [0.717, 1.165) is 54.8 Å². The van der Waals surface area contributed by atoms with Crippen molar-refractivity contribution >= 4 is 65.3 Å². The van der Waals surface area contributed by atoms with E-state index in [4.69, 9.17) is 0 Å². The van der Waals surface area contributed by atoms with Gasteiger partial charge in [-0.15, -0.1) is 0 Å². The van der Waals surface area contributed by atoms with Crippen LogP contribution in [0.5, 0.6) is 0 Å². The lowest BCUT2D eigenvalue weighted by molar-refractivity contribution is -0.894. The highest BCUT2D eigenvalue weighted by molar-refractivity contribution is 8.03. The highest BCUT2D eigenvalue weighted by Gasteiger charge is 2.29. The Bertz CT molecular complexity index is 1900. The molecule has 13 heteroatoms. The van der Waals surface area contributed by atoms with E-state index in [-0.39, 0.29) is 18.3 Å². The van der Waals surface area contributed by atoms with Crippen LogP contribution in [0.4, 0.5) is 5.69 Å². The maximum atomic E-state index is 11.2. The number of benzene rings is 2. The summed E-state index contributed by atoms with van der Waals surface area (Å²) in [6, 6.07) is 16.0. The molecule has 1 aliphatic carbocycles. The van der Waals surface area contributed by atoms with Crippen molar-refractivity contribution in [3.8, 4) is 0 Å². The topological polar surface area (TPSA) is 126 Å². The van der Waals surface area contributed by atoms with Crippen molar-refractivity contribution in [3.63, 3.8) is 0 Å². The predicted molar refractivity (Wildman–Crippen MR) is 200 cm³/mol. The Morgan fingerprint density at radius 2 is 1.51 bits per heavy atom. The number of fused-ring (bicyclic) bond motifs is 2. The van der Waals surface area contributed by atoms with Crippen LogP contribution < -0.4 is 14.4 Å². The summed E-state index contributed by atoms with van der Waals surface area (Å²) in [6.07, 6.45) is 8.76. The summed E-state index contributed by atoms with van der Waals surface area (Å²) in [5.74, 6) is -0.801. The number of allylic oxidation sites excluding steroid dienone is 4. The summed E-state index contributed by atoms with van der Waals surface area (Å²) in [6.45, 7) is 15.8. The van der Waals surface area contributed by atoms with E-state index in [0.29, 0.717) is 13.1 Å². The zero-order chi connectivity index (χ0) is 35.8. The van der Waals surface area contributed by atoms with Crippen LogP contribution in [0.25, 0.3) is 16.3 Å². The van der Waals surface area contributed by atoms with E-state index >= 15 is 0 Å². The summed E-state index contributed by atoms with van der Waals surface area (Å²) in [4.78, 5) is 4.87. The van der Waals surface area contributed by atoms with E-state index in [1.807, 2.05) is 48.5 Å². The number of para-hydroxylation sites is 2. The highest BCUT2D eigenvalue weighted by Crippen LogP contribution is 2.48. The molecule has 2 heterocycles. The van der Waals surface area contributed by atoms with Gasteiger partial charge >= 0.3 is 0 Å². The molecule has 0 amide bonds. The first kappa shape index (κ1) is 39.3. The molecule has 5 rings (SSSR count). The molecule has 49 heavy (non-hydrogen) atoms. The predicted octanol–water partition coefficient (Wildman–Crippen LogP) is 5.57. The molecule has 9 nitrogen and oxygen atoms in total. The zero-order valence-electron chi connectivity index (χ0n) is 29.1. The number of aromatic nitrogens is 1. The van der Waals surface area contributed by atoms with Gasteiger partial charge in [-0.2, -0.15) is 4.57 Å². The van der Waals surface area contributed by atoms with Gasteiger partial charge in [0.25, 0.3) is 5.01 Å². The van der Waals surface area contributed by atoms with Gasteiger partial charge in [0, 0.05) is 41.5 Å². The van der Waals surface area contributed by atoms with Crippen LogP contribution >= 0.6 is 23.1 Å². The van der Waals surface area contributed by atoms with Crippen molar-refractivity contribution < 1.29 is 35.4 Å². The summed E-state index contributed by atoms with van der Waals surface area (Å²) in [7, 11) is -8.57. The maximum Gasteiger partial charge on any atom is 0.263 e. The Labute approximate surface area is 300 Å². The van der Waals surface area contributed by atoms with Gasteiger partial charge in [0.1, 0.15) is 4.70 Å². The van der Waals surface area contributed by atoms with Gasteiger partial charge in [0.15, 0.2) is 6.54 Å². The van der Waals surface area contributed by atoms with Crippen LogP contribution in [0.2, 0.25) is 0 Å². The molecular weight excluding hydrogens is 699 g/mol. The first-order chi connectivity index (χ1) is 23.1. The van der Waals surface area contributed by atoms with E-state index in [2.05, 4.69) is 62.3 Å². The van der Waals surface area contributed by atoms with Crippen LogP contribution in [0.15, 0.2) is 81.8 Å². The van der Waals surface area contributed by atoms with Crippen molar-refractivity contribution in [3.05, 3.63) is 81.9 Å². The number of thioether (sulfide) groups is 1. The minimum atomic E-state index is -4.29. The van der Waals surface area contributed by atoms with E-state index < -0.39 is 31.7 Å². The number of aryl methyl sites for hydroxylation is 1. The van der Waals surface area contributed by atoms with Crippen LogP contribution in [0.1, 0.15) is 65.3 Å². The molecular formula is C36H49N3O6S4. The number of quaternary nitrogens is 1. The van der Waals surface area contributed by atoms with E-state index in [9.17, 15) is 25.9 Å². The molecule has 1 N–H and O–H groups in total. The van der Waals surface area contributed by atoms with E-state index in [1.165, 1.54) is 19.6 Å². The molecule has 0 unspecified atom stereocenters. The Balaban J connectivity index is 0.000000698. The fraction of sp³-hybridized carbons (Fsp3) is 0.472. The van der Waals surface area contributed by atoms with Crippen LogP contribution in [-0.2, 0) is 26.8 Å². The average Bonchev–Trinajstić information content (AvgIpc) is 3.53. The van der Waals surface area contributed by atoms with Gasteiger partial charge in [-0.1, -0.05) is 67.3 Å². The lowest BCUT2D eigenvalue weighted by Gasteiger charge is -2.31. The second kappa shape index (κ2) is 17.1. The lowest BCUT2D eigenvalue weighted by Crippen LogP contribution is -3.11. The Kier molecular flexibility index (Phi) is 13.7. The van der Waals surface area contributed by atoms with Gasteiger partial charge in [-0.05, 0) is 80.9 Å². The molecule has 0 spiro atoms. The first-order valence-electron chi connectivity index (χ1n) is 16.9. The number of hydrogen-bond acceptors (Lipinski definition) is 9. The molecule has 2 aromatic carbocycles. The van der Waals surface area contributed by atoms with Crippen molar-refractivity contribution in [1.29, 1.82) is 0 Å². The SMILES string of the molecule is CC1(C)CC(/C=C2\Sc3ccccc3N2CCCS(=O)(=O)[O-])=CC(=C/c2sc3ccccc3[n+]2CCCS(=O)(=O)[O-])/C1.CC[NH+](CC)CC. The van der Waals surface area contributed by atoms with Crippen LogP contribution in [-0.4, -0.2) is 63.6 Å². The zero-order valence-corrected chi connectivity index (χ0v) is 32.4. The minimum Gasteiger partial charge on any atom is -0.748 e. The van der Waals surface area contributed by atoms with Gasteiger partial charge in [0.05, 0.1) is 50.6 Å². The smallest absolute Gasteiger partial charge is 0.263 e. The van der Waals surface area contributed by atoms with Gasteiger partial charge in [-0.3, -0.25) is 0 Å². The highest BCUT2D eigenvalue weighted by atomic mass is 32.2. The Hall–Kier alpha value is -2.52. The maximum absolute atomic E-state index is 11.2. The molecule has 0 atom stereocenters. The third kappa shape index (κ3) is 11.8. The largest absolute Gasteiger partial charge is 0.748 e. The number of hydrogen-bond donors (Lipinski definition) is 1. The summed E-state index contributed by atoms with van der Waals surface area (Å²) in [5, 5.41) is 2.00. The molecule has 1 aliphatic heterocycles. The monoisotopic (exact) mass is 747 g/mol. The quantitative estimate of drug-likeness (QED) is 0.178. The Morgan fingerprint density at radius 1 is 0.878 bits per heavy atom. The fourth-order valence-corrected chi connectivity index (χ4v) is 9.64. The molecule has 0 bridgehead atoms. The minimum absolute atomic E-state index is 0.0112. The summed E-state index contributed by atoms with van der Waals surface area (Å²) in [5.41, 5.74) is 4.31. The molecule has 1 aromatic heterocycles. The first-order valence-corrected chi connectivity index (χ1v) is 21.7. The van der Waals surface area contributed by atoms with Crippen molar-refractivity contribution in [2.75, 3.05) is 42.6 Å². The standard InChI is InChI=1S/C30H34N2O6S4.C6H15N/c1-30(2)20-22(18-28-31(13-7-15-41(33,34)35)24-9-3-5-11-26(24)39-28)17-23(21-30)19-29-32(14-8-16-42(36,37)38)25-10-4-6-12-27(25)40-29;1-4-7(5-2)6-3/h3-6,9-12,17-19H,7-8,13-16,20-21H2,1-2H3,(H-,33,34,35,36,37,38);4-6H2,1-3H3. The van der Waals surface area contributed by atoms with Crippen molar-refractivity contribution in [2.45, 2.75) is 71.7 Å². The fourth-order valence-electron chi connectivity index (χ4n) is 6.34. The molecule has 0 radical (unpaired) electrons. The van der Waals surface area contributed by atoms with Crippen molar-refractivity contribution in [1.82, 2.24) is 0 Å². The molecule has 0 saturated heterocycles. The number of nitrogens with zero attached hydrogens (tertiary/aromatic N) is 2.